The Hall–Kier alpha value is -2.03. The number of nitrogens with two attached hydrogens (primary N) is 2. The number of rotatable bonds is 4. The lowest BCUT2D eigenvalue weighted by Gasteiger charge is -2.07. The second-order valence-corrected chi connectivity index (χ2v) is 5.46. The van der Waals surface area contributed by atoms with Gasteiger partial charge in [-0.3, -0.25) is 4.79 Å². The van der Waals surface area contributed by atoms with Crippen molar-refractivity contribution in [3.63, 3.8) is 0 Å². The molecule has 0 aliphatic heterocycles. The average molecular weight is 281 g/mol. The first-order valence-corrected chi connectivity index (χ1v) is 6.48. The molecule has 0 saturated heterocycles. The lowest BCUT2D eigenvalue weighted by molar-refractivity contribution is -0.117. The molecule has 1 amide bonds. The Labute approximate surface area is 114 Å². The first kappa shape index (κ1) is 13.4. The lowest BCUT2D eigenvalue weighted by atomic mass is 10.4. The van der Waals surface area contributed by atoms with E-state index in [9.17, 15) is 4.79 Å². The maximum absolute atomic E-state index is 11.0. The molecule has 2 heterocycles. The third-order valence-corrected chi connectivity index (χ3v) is 3.60. The van der Waals surface area contributed by atoms with Gasteiger partial charge in [0.25, 0.3) is 5.95 Å². The van der Waals surface area contributed by atoms with Crippen LogP contribution >= 0.6 is 11.8 Å². The SMILES string of the molecule is Cc1cc(C)n(-c2nnc(SC(C)C(N)=O)n2N)n1. The number of hydrogen-bond acceptors (Lipinski definition) is 6. The normalized spacial score (nSPS) is 12.6. The van der Waals surface area contributed by atoms with Gasteiger partial charge < -0.3 is 11.6 Å². The van der Waals surface area contributed by atoms with Gasteiger partial charge in [-0.1, -0.05) is 11.8 Å². The number of aryl methyl sites for hydroxylation is 2. The third-order valence-electron chi connectivity index (χ3n) is 2.53. The fourth-order valence-corrected chi connectivity index (χ4v) is 2.26. The Balaban J connectivity index is 2.33. The quantitative estimate of drug-likeness (QED) is 0.590. The molecule has 2 aromatic rings. The molecule has 0 fully saturated rings. The van der Waals surface area contributed by atoms with E-state index in [2.05, 4.69) is 15.3 Å². The number of thioether (sulfide) groups is 1. The highest BCUT2D eigenvalue weighted by molar-refractivity contribution is 8.00. The van der Waals surface area contributed by atoms with Crippen molar-refractivity contribution in [3.05, 3.63) is 17.5 Å². The summed E-state index contributed by atoms with van der Waals surface area (Å²) in [5.41, 5.74) is 6.96. The van der Waals surface area contributed by atoms with E-state index in [1.165, 1.54) is 4.68 Å². The predicted molar refractivity (Wildman–Crippen MR) is 71.3 cm³/mol. The fraction of sp³-hybridized carbons (Fsp3) is 0.400. The lowest BCUT2D eigenvalue weighted by Crippen LogP contribution is -2.24. The Bertz CT molecular complexity index is 617. The zero-order valence-corrected chi connectivity index (χ0v) is 11.7. The van der Waals surface area contributed by atoms with Crippen LogP contribution in [0.2, 0.25) is 0 Å². The second kappa shape index (κ2) is 4.92. The topological polar surface area (TPSA) is 118 Å². The summed E-state index contributed by atoms with van der Waals surface area (Å²) in [4.78, 5) is 11.0. The zero-order valence-electron chi connectivity index (χ0n) is 10.9. The highest BCUT2D eigenvalue weighted by Gasteiger charge is 2.19. The number of amides is 1. The molecule has 0 aliphatic rings. The summed E-state index contributed by atoms with van der Waals surface area (Å²) in [6, 6.07) is 1.91. The van der Waals surface area contributed by atoms with Gasteiger partial charge in [0.2, 0.25) is 11.1 Å². The molecule has 102 valence electrons. The Morgan fingerprint density at radius 1 is 1.42 bits per heavy atom. The highest BCUT2D eigenvalue weighted by Crippen LogP contribution is 2.21. The second-order valence-electron chi connectivity index (χ2n) is 4.15. The Morgan fingerprint density at radius 2 is 2.11 bits per heavy atom. The van der Waals surface area contributed by atoms with E-state index in [0.29, 0.717) is 11.1 Å². The van der Waals surface area contributed by atoms with Gasteiger partial charge >= 0.3 is 0 Å². The summed E-state index contributed by atoms with van der Waals surface area (Å²) in [6.07, 6.45) is 0. The molecule has 0 saturated carbocycles. The van der Waals surface area contributed by atoms with Crippen LogP contribution in [0.1, 0.15) is 18.3 Å². The fourth-order valence-electron chi connectivity index (χ4n) is 1.54. The van der Waals surface area contributed by atoms with E-state index in [4.69, 9.17) is 11.6 Å². The summed E-state index contributed by atoms with van der Waals surface area (Å²) in [7, 11) is 0. The maximum atomic E-state index is 11.0. The molecule has 2 rings (SSSR count). The van der Waals surface area contributed by atoms with E-state index >= 15 is 0 Å². The van der Waals surface area contributed by atoms with Gasteiger partial charge in [0.05, 0.1) is 10.9 Å². The smallest absolute Gasteiger partial charge is 0.271 e. The van der Waals surface area contributed by atoms with Crippen LogP contribution in [0.15, 0.2) is 11.2 Å². The van der Waals surface area contributed by atoms with Crippen LogP contribution in [-0.4, -0.2) is 35.8 Å². The average Bonchev–Trinajstić information content (AvgIpc) is 2.83. The van der Waals surface area contributed by atoms with Crippen LogP contribution in [0.25, 0.3) is 5.95 Å². The predicted octanol–water partition coefficient (Wildman–Crippen LogP) is -0.240. The van der Waals surface area contributed by atoms with Crippen LogP contribution < -0.4 is 11.6 Å². The highest BCUT2D eigenvalue weighted by atomic mass is 32.2. The standard InChI is InChI=1S/C10H15N7OS/c1-5-4-6(2)17(15-5)9-13-14-10(16(9)12)19-7(3)8(11)18/h4,7H,12H2,1-3H3,(H2,11,18). The number of hydrogen-bond donors (Lipinski definition) is 2. The Kier molecular flexibility index (Phi) is 3.47. The van der Waals surface area contributed by atoms with Crippen molar-refractivity contribution >= 4 is 17.7 Å². The molecule has 2 aromatic heterocycles. The number of nitrogens with zero attached hydrogens (tertiary/aromatic N) is 5. The van der Waals surface area contributed by atoms with Gasteiger partial charge in [-0.05, 0) is 26.8 Å². The summed E-state index contributed by atoms with van der Waals surface area (Å²) >= 11 is 1.16. The van der Waals surface area contributed by atoms with Crippen LogP contribution in [0.3, 0.4) is 0 Å². The maximum Gasteiger partial charge on any atom is 0.271 e. The number of nitrogen functional groups attached to an aromatic ring is 1. The third kappa shape index (κ3) is 2.55. The number of carbonyl (C=O) groups excluding carboxylic acids is 1. The molecule has 0 bridgehead atoms. The zero-order chi connectivity index (χ0) is 14.2. The first-order chi connectivity index (χ1) is 8.90. The van der Waals surface area contributed by atoms with E-state index in [0.717, 1.165) is 23.1 Å². The minimum Gasteiger partial charge on any atom is -0.369 e. The molecule has 1 unspecified atom stereocenters. The van der Waals surface area contributed by atoms with Crippen molar-refractivity contribution < 1.29 is 4.79 Å². The molecule has 0 spiro atoms. The molecule has 8 nitrogen and oxygen atoms in total. The number of aromatic nitrogens is 5. The van der Waals surface area contributed by atoms with Crippen LogP contribution in [0, 0.1) is 13.8 Å². The van der Waals surface area contributed by atoms with Crippen molar-refractivity contribution in [2.45, 2.75) is 31.2 Å². The van der Waals surface area contributed by atoms with Crippen molar-refractivity contribution in [1.82, 2.24) is 24.7 Å². The van der Waals surface area contributed by atoms with E-state index in [1.54, 1.807) is 11.6 Å². The molecule has 0 radical (unpaired) electrons. The molecular formula is C10H15N7OS. The molecule has 4 N–H and O–H groups in total. The van der Waals surface area contributed by atoms with Crippen molar-refractivity contribution in [3.8, 4) is 5.95 Å². The summed E-state index contributed by atoms with van der Waals surface area (Å²) < 4.78 is 2.89. The minimum absolute atomic E-state index is 0.393. The minimum atomic E-state index is -0.431. The molecule has 9 heteroatoms. The molecule has 19 heavy (non-hydrogen) atoms. The molecule has 1 atom stereocenters. The molecule has 0 aliphatic carbocycles. The monoisotopic (exact) mass is 281 g/mol. The van der Waals surface area contributed by atoms with E-state index in [1.807, 2.05) is 19.9 Å². The van der Waals surface area contributed by atoms with Gasteiger partial charge in [-0.2, -0.15) is 5.10 Å². The van der Waals surface area contributed by atoms with Gasteiger partial charge in [0.1, 0.15) is 0 Å². The number of carbonyl (C=O) groups is 1. The van der Waals surface area contributed by atoms with Crippen molar-refractivity contribution in [2.24, 2.45) is 5.73 Å². The van der Waals surface area contributed by atoms with E-state index < -0.39 is 11.2 Å². The largest absolute Gasteiger partial charge is 0.369 e. The molecule has 0 aromatic carbocycles. The van der Waals surface area contributed by atoms with Crippen LogP contribution in [0.4, 0.5) is 0 Å². The van der Waals surface area contributed by atoms with Gasteiger partial charge in [-0.15, -0.1) is 10.2 Å². The molecular weight excluding hydrogens is 266 g/mol. The summed E-state index contributed by atoms with van der Waals surface area (Å²) in [6.45, 7) is 5.46. The first-order valence-electron chi connectivity index (χ1n) is 5.60. The summed E-state index contributed by atoms with van der Waals surface area (Å²) in [5, 5.41) is 12.2. The Morgan fingerprint density at radius 3 is 2.63 bits per heavy atom. The number of primary amides is 1. The van der Waals surface area contributed by atoms with Gasteiger partial charge in [-0.25, -0.2) is 9.36 Å². The van der Waals surface area contributed by atoms with E-state index in [-0.39, 0.29) is 0 Å². The van der Waals surface area contributed by atoms with Gasteiger partial charge in [0, 0.05) is 5.69 Å². The van der Waals surface area contributed by atoms with Crippen molar-refractivity contribution in [2.75, 3.05) is 5.84 Å². The van der Waals surface area contributed by atoms with Crippen molar-refractivity contribution in [1.29, 1.82) is 0 Å². The van der Waals surface area contributed by atoms with Gasteiger partial charge in [0.15, 0.2) is 0 Å². The van der Waals surface area contributed by atoms with Crippen LogP contribution in [-0.2, 0) is 4.79 Å². The van der Waals surface area contributed by atoms with Crippen LogP contribution in [0.5, 0.6) is 0 Å². The summed E-state index contributed by atoms with van der Waals surface area (Å²) in [5.74, 6) is 5.88.